The summed E-state index contributed by atoms with van der Waals surface area (Å²) in [5.74, 6) is -2.85. The lowest BCUT2D eigenvalue weighted by atomic mass is 10.2. The van der Waals surface area contributed by atoms with Crippen LogP contribution in [0.3, 0.4) is 0 Å². The standard InChI is InChI=1S/C11H9NO5/c13-9(14)6-7-10(15)17-12-11(16)8-4-2-1-3-5-8/h1-7H,(H,12,16)(H,13,14)/b7-6+. The van der Waals surface area contributed by atoms with Gasteiger partial charge in [0.05, 0.1) is 0 Å². The molecule has 1 aromatic carbocycles. The molecule has 0 aromatic heterocycles. The summed E-state index contributed by atoms with van der Waals surface area (Å²) in [6.45, 7) is 0. The lowest BCUT2D eigenvalue weighted by Crippen LogP contribution is -2.26. The first-order chi connectivity index (χ1) is 8.09. The average Bonchev–Trinajstić information content (AvgIpc) is 2.34. The highest BCUT2D eigenvalue weighted by atomic mass is 16.7. The molecule has 0 fully saturated rings. The molecular weight excluding hydrogens is 226 g/mol. The Kier molecular flexibility index (Phi) is 4.44. The van der Waals surface area contributed by atoms with E-state index in [0.717, 1.165) is 0 Å². The van der Waals surface area contributed by atoms with E-state index in [1.165, 1.54) is 12.1 Å². The van der Waals surface area contributed by atoms with Crippen molar-refractivity contribution in [1.29, 1.82) is 0 Å². The van der Waals surface area contributed by atoms with Crippen molar-refractivity contribution in [3.63, 3.8) is 0 Å². The molecule has 0 aliphatic heterocycles. The Morgan fingerprint density at radius 2 is 1.76 bits per heavy atom. The first-order valence-electron chi connectivity index (χ1n) is 4.57. The number of carbonyl (C=O) groups is 3. The van der Waals surface area contributed by atoms with Gasteiger partial charge >= 0.3 is 11.9 Å². The Morgan fingerprint density at radius 1 is 1.12 bits per heavy atom. The van der Waals surface area contributed by atoms with Gasteiger partial charge in [0.25, 0.3) is 5.91 Å². The molecule has 0 aliphatic carbocycles. The number of hydrogen-bond acceptors (Lipinski definition) is 4. The average molecular weight is 235 g/mol. The van der Waals surface area contributed by atoms with Crippen molar-refractivity contribution in [3.8, 4) is 0 Å². The number of benzene rings is 1. The molecule has 0 aliphatic rings. The van der Waals surface area contributed by atoms with E-state index in [1.807, 2.05) is 5.48 Å². The van der Waals surface area contributed by atoms with Crippen molar-refractivity contribution < 1.29 is 24.3 Å². The van der Waals surface area contributed by atoms with E-state index in [2.05, 4.69) is 4.84 Å². The van der Waals surface area contributed by atoms with Crippen molar-refractivity contribution in [2.45, 2.75) is 0 Å². The van der Waals surface area contributed by atoms with Crippen molar-refractivity contribution in [3.05, 3.63) is 48.0 Å². The highest BCUT2D eigenvalue weighted by molar-refractivity contribution is 5.95. The molecule has 6 nitrogen and oxygen atoms in total. The summed E-state index contributed by atoms with van der Waals surface area (Å²) in [5, 5.41) is 8.24. The fraction of sp³-hybridized carbons (Fsp3) is 0. The third-order valence-electron chi connectivity index (χ3n) is 1.64. The maximum Gasteiger partial charge on any atom is 0.356 e. The monoisotopic (exact) mass is 235 g/mol. The summed E-state index contributed by atoms with van der Waals surface area (Å²) in [6.07, 6.45) is 1.30. The van der Waals surface area contributed by atoms with E-state index in [4.69, 9.17) is 5.11 Å². The molecule has 88 valence electrons. The van der Waals surface area contributed by atoms with E-state index >= 15 is 0 Å². The Hall–Kier alpha value is -2.63. The van der Waals surface area contributed by atoms with E-state index in [0.29, 0.717) is 17.7 Å². The Balaban J connectivity index is 2.44. The minimum atomic E-state index is -1.28. The molecule has 0 saturated heterocycles. The van der Waals surface area contributed by atoms with Crippen LogP contribution < -0.4 is 5.48 Å². The minimum Gasteiger partial charge on any atom is -0.478 e. The second-order valence-corrected chi connectivity index (χ2v) is 2.89. The van der Waals surface area contributed by atoms with Crippen molar-refractivity contribution >= 4 is 17.8 Å². The Morgan fingerprint density at radius 3 is 2.35 bits per heavy atom. The largest absolute Gasteiger partial charge is 0.478 e. The lowest BCUT2D eigenvalue weighted by molar-refractivity contribution is -0.143. The summed E-state index contributed by atoms with van der Waals surface area (Å²) < 4.78 is 0. The van der Waals surface area contributed by atoms with E-state index < -0.39 is 17.8 Å². The number of hydrogen-bond donors (Lipinski definition) is 2. The lowest BCUT2D eigenvalue weighted by Gasteiger charge is -2.02. The summed E-state index contributed by atoms with van der Waals surface area (Å²) in [7, 11) is 0. The smallest absolute Gasteiger partial charge is 0.356 e. The van der Waals surface area contributed by atoms with Gasteiger partial charge in [-0.3, -0.25) is 4.79 Å². The van der Waals surface area contributed by atoms with Gasteiger partial charge < -0.3 is 9.94 Å². The van der Waals surface area contributed by atoms with E-state index in [-0.39, 0.29) is 0 Å². The third kappa shape index (κ3) is 4.61. The predicted molar refractivity (Wildman–Crippen MR) is 56.8 cm³/mol. The van der Waals surface area contributed by atoms with Crippen LogP contribution in [0.5, 0.6) is 0 Å². The first kappa shape index (κ1) is 12.4. The van der Waals surface area contributed by atoms with Crippen LogP contribution in [0, 0.1) is 0 Å². The fourth-order valence-corrected chi connectivity index (χ4v) is 0.918. The van der Waals surface area contributed by atoms with Crippen LogP contribution in [0.25, 0.3) is 0 Å². The summed E-state index contributed by atoms with van der Waals surface area (Å²) >= 11 is 0. The number of aliphatic carboxylic acids is 1. The summed E-state index contributed by atoms with van der Waals surface area (Å²) in [4.78, 5) is 36.7. The molecule has 0 atom stereocenters. The second kappa shape index (κ2) is 6.06. The molecule has 0 spiro atoms. The Labute approximate surface area is 96.5 Å². The van der Waals surface area contributed by atoms with Crippen LogP contribution in [0.1, 0.15) is 10.4 Å². The molecule has 0 bridgehead atoms. The van der Waals surface area contributed by atoms with Crippen LogP contribution in [0.4, 0.5) is 0 Å². The van der Waals surface area contributed by atoms with Gasteiger partial charge in [-0.1, -0.05) is 18.2 Å². The minimum absolute atomic E-state index is 0.322. The molecule has 1 rings (SSSR count). The topological polar surface area (TPSA) is 92.7 Å². The zero-order valence-electron chi connectivity index (χ0n) is 8.62. The highest BCUT2D eigenvalue weighted by Crippen LogP contribution is 1.97. The molecule has 1 amide bonds. The normalized spacial score (nSPS) is 9.88. The van der Waals surface area contributed by atoms with Crippen molar-refractivity contribution in [1.82, 2.24) is 5.48 Å². The number of carboxylic acids is 1. The van der Waals surface area contributed by atoms with Crippen LogP contribution >= 0.6 is 0 Å². The summed E-state index contributed by atoms with van der Waals surface area (Å²) in [6, 6.07) is 8.12. The van der Waals surface area contributed by atoms with Crippen LogP contribution in [0.15, 0.2) is 42.5 Å². The molecule has 0 radical (unpaired) electrons. The van der Waals surface area contributed by atoms with Gasteiger partial charge in [0.1, 0.15) is 0 Å². The van der Waals surface area contributed by atoms with Gasteiger partial charge in [-0.2, -0.15) is 5.48 Å². The highest BCUT2D eigenvalue weighted by Gasteiger charge is 2.06. The van der Waals surface area contributed by atoms with Gasteiger partial charge in [-0.15, -0.1) is 0 Å². The molecule has 0 unspecified atom stereocenters. The van der Waals surface area contributed by atoms with Gasteiger partial charge in [0.15, 0.2) is 0 Å². The number of nitrogens with one attached hydrogen (secondary N) is 1. The number of hydroxylamine groups is 1. The van der Waals surface area contributed by atoms with Crippen LogP contribution in [-0.4, -0.2) is 23.0 Å². The quantitative estimate of drug-likeness (QED) is 0.588. The number of amides is 1. The van der Waals surface area contributed by atoms with Crippen molar-refractivity contribution in [2.75, 3.05) is 0 Å². The number of carboxylic acid groups (broad SMARTS) is 1. The maximum absolute atomic E-state index is 11.4. The van der Waals surface area contributed by atoms with Gasteiger partial charge in [-0.05, 0) is 12.1 Å². The van der Waals surface area contributed by atoms with Gasteiger partial charge in [0.2, 0.25) is 0 Å². The maximum atomic E-state index is 11.4. The molecule has 0 heterocycles. The molecule has 0 saturated carbocycles. The van der Waals surface area contributed by atoms with E-state index in [9.17, 15) is 14.4 Å². The first-order valence-corrected chi connectivity index (χ1v) is 4.57. The third-order valence-corrected chi connectivity index (χ3v) is 1.64. The molecule has 6 heteroatoms. The Bertz CT molecular complexity index is 452. The number of carbonyl (C=O) groups excluding carboxylic acids is 2. The zero-order chi connectivity index (χ0) is 12.7. The van der Waals surface area contributed by atoms with Crippen LogP contribution in [-0.2, 0) is 14.4 Å². The van der Waals surface area contributed by atoms with Gasteiger partial charge in [-0.25, -0.2) is 9.59 Å². The number of rotatable bonds is 3. The predicted octanol–water partition coefficient (Wildman–Crippen LogP) is 0.515. The summed E-state index contributed by atoms with van der Waals surface area (Å²) in [5.41, 5.74) is 2.21. The molecule has 1 aromatic rings. The SMILES string of the molecule is O=C(O)/C=C/C(=O)ONC(=O)c1ccccc1. The zero-order valence-corrected chi connectivity index (χ0v) is 8.62. The molecular formula is C11H9NO5. The molecule has 17 heavy (non-hydrogen) atoms. The van der Waals surface area contributed by atoms with E-state index in [1.54, 1.807) is 18.2 Å². The van der Waals surface area contributed by atoms with Crippen LogP contribution in [0.2, 0.25) is 0 Å². The van der Waals surface area contributed by atoms with Crippen molar-refractivity contribution in [2.24, 2.45) is 0 Å². The van der Waals surface area contributed by atoms with Gasteiger partial charge in [0, 0.05) is 17.7 Å². The fourth-order valence-electron chi connectivity index (χ4n) is 0.918. The second-order valence-electron chi connectivity index (χ2n) is 2.89. The molecule has 2 N–H and O–H groups in total.